The van der Waals surface area contributed by atoms with Gasteiger partial charge in [0, 0.05) is 12.1 Å². The summed E-state index contributed by atoms with van der Waals surface area (Å²) in [4.78, 5) is 41.3. The number of carbonyl (C=O) groups is 3. The average Bonchev–Trinajstić information content (AvgIpc) is 2.51. The number of anilines is 1. The molecule has 6 heteroatoms. The minimum atomic E-state index is -0.770. The van der Waals surface area contributed by atoms with Gasteiger partial charge in [0.25, 0.3) is 11.8 Å². The topological polar surface area (TPSA) is 88.0 Å². The Hall–Kier alpha value is -3.15. The third kappa shape index (κ3) is 4.75. The molecule has 3 amide bonds. The molecule has 0 atom stereocenters. The first kappa shape index (κ1) is 15.2. The lowest BCUT2D eigenvalue weighted by molar-refractivity contribution is -0.117. The first-order chi connectivity index (χ1) is 10.6. The Morgan fingerprint density at radius 1 is 0.955 bits per heavy atom. The maximum atomic E-state index is 11.7. The highest BCUT2D eigenvalue weighted by molar-refractivity contribution is 6.38. The van der Waals surface area contributed by atoms with E-state index in [4.69, 9.17) is 0 Å². The molecular formula is C16H13N3O3. The summed E-state index contributed by atoms with van der Waals surface area (Å²) >= 11 is 0. The van der Waals surface area contributed by atoms with Crippen LogP contribution in [0.1, 0.15) is 12.0 Å². The quantitative estimate of drug-likeness (QED) is 0.791. The second-order valence-corrected chi connectivity index (χ2v) is 4.32. The number of benzene rings is 1. The number of hydrogen-bond donors (Lipinski definition) is 1. The summed E-state index contributed by atoms with van der Waals surface area (Å²) in [6.07, 6.45) is 8.61. The Labute approximate surface area is 127 Å². The van der Waals surface area contributed by atoms with Crippen molar-refractivity contribution < 1.29 is 14.4 Å². The van der Waals surface area contributed by atoms with Gasteiger partial charge in [0.05, 0.1) is 12.4 Å². The number of hydrogen-bond acceptors (Lipinski definition) is 3. The molecule has 2 rings (SSSR count). The number of aliphatic imine (C=N–C) groups is 2. The van der Waals surface area contributed by atoms with Crippen LogP contribution in [0.3, 0.4) is 0 Å². The Balaban J connectivity index is 2.31. The van der Waals surface area contributed by atoms with Crippen LogP contribution >= 0.6 is 0 Å². The van der Waals surface area contributed by atoms with Gasteiger partial charge in [0.2, 0.25) is 5.91 Å². The van der Waals surface area contributed by atoms with Gasteiger partial charge in [-0.05, 0) is 11.6 Å². The van der Waals surface area contributed by atoms with Gasteiger partial charge in [-0.3, -0.25) is 14.4 Å². The summed E-state index contributed by atoms with van der Waals surface area (Å²) in [5.41, 5.74) is 1.38. The van der Waals surface area contributed by atoms with Crippen LogP contribution in [0.2, 0.25) is 0 Å². The fourth-order valence-electron chi connectivity index (χ4n) is 1.66. The minimum absolute atomic E-state index is 0.0800. The minimum Gasteiger partial charge on any atom is -0.321 e. The van der Waals surface area contributed by atoms with Gasteiger partial charge in [-0.2, -0.15) is 0 Å². The Morgan fingerprint density at radius 3 is 2.64 bits per heavy atom. The molecule has 22 heavy (non-hydrogen) atoms. The number of nitrogens with zero attached hydrogens (tertiary/aromatic N) is 2. The lowest BCUT2D eigenvalue weighted by Crippen LogP contribution is -2.14. The molecule has 0 saturated heterocycles. The zero-order chi connectivity index (χ0) is 15.8. The van der Waals surface area contributed by atoms with E-state index in [2.05, 4.69) is 15.3 Å². The number of nitrogens with one attached hydrogen (secondary N) is 1. The summed E-state index contributed by atoms with van der Waals surface area (Å²) in [5.74, 6) is -1.78. The molecule has 1 aromatic rings. The van der Waals surface area contributed by atoms with Gasteiger partial charge in [0.15, 0.2) is 0 Å². The monoisotopic (exact) mass is 295 g/mol. The van der Waals surface area contributed by atoms with E-state index < -0.39 is 17.7 Å². The van der Waals surface area contributed by atoms with E-state index >= 15 is 0 Å². The molecule has 1 aliphatic heterocycles. The zero-order valence-corrected chi connectivity index (χ0v) is 11.6. The van der Waals surface area contributed by atoms with E-state index in [1.807, 2.05) is 12.1 Å². The molecule has 0 spiro atoms. The maximum absolute atomic E-state index is 11.7. The van der Waals surface area contributed by atoms with Crippen LogP contribution in [-0.4, -0.2) is 30.2 Å². The van der Waals surface area contributed by atoms with Crippen LogP contribution in [0, 0.1) is 0 Å². The Morgan fingerprint density at radius 2 is 1.77 bits per heavy atom. The van der Waals surface area contributed by atoms with Crippen molar-refractivity contribution in [2.45, 2.75) is 6.42 Å². The molecule has 0 radical (unpaired) electrons. The van der Waals surface area contributed by atoms with E-state index in [0.29, 0.717) is 5.69 Å². The first-order valence-electron chi connectivity index (χ1n) is 6.53. The molecule has 0 unspecified atom stereocenters. The predicted octanol–water partition coefficient (Wildman–Crippen LogP) is 1.79. The number of carbonyl (C=O) groups excluding carboxylic acids is 3. The van der Waals surface area contributed by atoms with Crippen molar-refractivity contribution in [1.29, 1.82) is 0 Å². The van der Waals surface area contributed by atoms with Crippen molar-refractivity contribution in [2.75, 3.05) is 5.32 Å². The molecule has 1 N–H and O–H groups in total. The smallest absolute Gasteiger partial charge is 0.288 e. The molecule has 1 aromatic carbocycles. The van der Waals surface area contributed by atoms with Gasteiger partial charge in [-0.25, -0.2) is 9.98 Å². The molecule has 0 aliphatic carbocycles. The second-order valence-electron chi connectivity index (χ2n) is 4.32. The van der Waals surface area contributed by atoms with Crippen LogP contribution in [0.25, 0.3) is 6.08 Å². The summed E-state index contributed by atoms with van der Waals surface area (Å²) < 4.78 is 0. The summed E-state index contributed by atoms with van der Waals surface area (Å²) in [5, 5.41) is 2.63. The Kier molecular flexibility index (Phi) is 5.25. The van der Waals surface area contributed by atoms with Gasteiger partial charge in [0.1, 0.15) is 0 Å². The number of amides is 3. The largest absolute Gasteiger partial charge is 0.321 e. The number of rotatable bonds is 0. The van der Waals surface area contributed by atoms with Crippen LogP contribution in [0.5, 0.6) is 0 Å². The van der Waals surface area contributed by atoms with Crippen LogP contribution in [-0.2, 0) is 14.4 Å². The summed E-state index contributed by atoms with van der Waals surface area (Å²) in [6.45, 7) is 0. The van der Waals surface area contributed by atoms with Crippen LogP contribution in [0.4, 0.5) is 5.69 Å². The Bertz CT molecular complexity index is 715. The highest BCUT2D eigenvalue weighted by Crippen LogP contribution is 2.16. The molecular weight excluding hydrogens is 282 g/mol. The fourth-order valence-corrected chi connectivity index (χ4v) is 1.66. The van der Waals surface area contributed by atoms with Gasteiger partial charge in [-0.1, -0.05) is 42.5 Å². The molecule has 1 aliphatic rings. The normalized spacial score (nSPS) is 15.9. The van der Waals surface area contributed by atoms with E-state index in [-0.39, 0.29) is 6.42 Å². The SMILES string of the molecule is O=C1C=NC(=O)CC=CC=Cc2ccccc2NC(=O)C=N1. The standard InChI is InChI=1S/C16H13N3O3/c20-14-9-3-1-2-6-12-7-4-5-8-13(12)19-16(22)11-18-15(21)10-17-14/h1-8,10-11H,9H2,(H,19,22). The highest BCUT2D eigenvalue weighted by Gasteiger charge is 2.04. The van der Waals surface area contributed by atoms with E-state index in [1.165, 1.54) is 0 Å². The fraction of sp³-hybridized carbons (Fsp3) is 0.0625. The van der Waals surface area contributed by atoms with Crippen molar-refractivity contribution >= 4 is 41.9 Å². The summed E-state index contributed by atoms with van der Waals surface area (Å²) in [6, 6.07) is 7.18. The molecule has 1 heterocycles. The average molecular weight is 295 g/mol. The van der Waals surface area contributed by atoms with Gasteiger partial charge in [-0.15, -0.1) is 0 Å². The van der Waals surface area contributed by atoms with E-state index in [9.17, 15) is 14.4 Å². The lowest BCUT2D eigenvalue weighted by atomic mass is 10.1. The van der Waals surface area contributed by atoms with Crippen molar-refractivity contribution in [3.05, 3.63) is 48.1 Å². The van der Waals surface area contributed by atoms with Crippen molar-refractivity contribution in [3.63, 3.8) is 0 Å². The molecule has 110 valence electrons. The van der Waals surface area contributed by atoms with Crippen LogP contribution < -0.4 is 5.32 Å². The number of fused-ring (bicyclic) bond motifs is 1. The molecule has 6 nitrogen and oxygen atoms in total. The van der Waals surface area contributed by atoms with Crippen molar-refractivity contribution in [3.8, 4) is 0 Å². The van der Waals surface area contributed by atoms with Gasteiger partial charge < -0.3 is 5.32 Å². The third-order valence-electron chi connectivity index (χ3n) is 2.66. The molecule has 0 aromatic heterocycles. The molecule has 0 saturated carbocycles. The number of allylic oxidation sites excluding steroid dienone is 2. The zero-order valence-electron chi connectivity index (χ0n) is 11.6. The summed E-state index contributed by atoms with van der Waals surface area (Å²) in [7, 11) is 0. The lowest BCUT2D eigenvalue weighted by Gasteiger charge is -2.05. The molecule has 0 fully saturated rings. The molecule has 0 bridgehead atoms. The van der Waals surface area contributed by atoms with Crippen LogP contribution in [0.15, 0.2) is 52.5 Å². The van der Waals surface area contributed by atoms with Gasteiger partial charge >= 0.3 is 0 Å². The first-order valence-corrected chi connectivity index (χ1v) is 6.53. The van der Waals surface area contributed by atoms with E-state index in [0.717, 1.165) is 18.0 Å². The number of para-hydroxylation sites is 1. The van der Waals surface area contributed by atoms with Crippen molar-refractivity contribution in [1.82, 2.24) is 0 Å². The second kappa shape index (κ2) is 7.58. The van der Waals surface area contributed by atoms with Crippen molar-refractivity contribution in [2.24, 2.45) is 9.98 Å². The van der Waals surface area contributed by atoms with E-state index in [1.54, 1.807) is 36.4 Å². The maximum Gasteiger partial charge on any atom is 0.288 e. The predicted molar refractivity (Wildman–Crippen MR) is 84.9 cm³/mol. The third-order valence-corrected chi connectivity index (χ3v) is 2.66. The highest BCUT2D eigenvalue weighted by atomic mass is 16.2.